The summed E-state index contributed by atoms with van der Waals surface area (Å²) in [5, 5.41) is 2.81. The van der Waals surface area contributed by atoms with Gasteiger partial charge in [-0.3, -0.25) is 4.79 Å². The molecule has 1 N–H and O–H groups in total. The number of nitrogens with one attached hydrogen (secondary N) is 1. The van der Waals surface area contributed by atoms with Crippen molar-refractivity contribution >= 4 is 29.2 Å². The maximum atomic E-state index is 13.7. The van der Waals surface area contributed by atoms with Crippen molar-refractivity contribution in [1.82, 2.24) is 0 Å². The lowest BCUT2D eigenvalue weighted by Gasteiger charge is -2.18. The van der Waals surface area contributed by atoms with Gasteiger partial charge in [-0.15, -0.1) is 0 Å². The van der Waals surface area contributed by atoms with E-state index in [0.29, 0.717) is 12.1 Å². The van der Waals surface area contributed by atoms with E-state index >= 15 is 0 Å². The van der Waals surface area contributed by atoms with E-state index in [1.165, 1.54) is 36.4 Å². The van der Waals surface area contributed by atoms with Gasteiger partial charge in [-0.25, -0.2) is 9.18 Å². The molecular weight excluding hydrogens is 361 g/mol. The van der Waals surface area contributed by atoms with Crippen LogP contribution in [-0.2, 0) is 9.53 Å². The van der Waals surface area contributed by atoms with Crippen molar-refractivity contribution in [3.05, 3.63) is 58.9 Å². The van der Waals surface area contributed by atoms with Crippen LogP contribution in [0.2, 0.25) is 5.02 Å². The molecule has 0 aliphatic carbocycles. The molecule has 0 unspecified atom stereocenters. The Bertz CT molecular complexity index is 797. The maximum Gasteiger partial charge on any atom is 0.339 e. The molecule has 0 aliphatic heterocycles. The predicted octanol–water partition coefficient (Wildman–Crippen LogP) is 4.45. The monoisotopic (exact) mass is 379 g/mol. The highest BCUT2D eigenvalue weighted by molar-refractivity contribution is 6.34. The Morgan fingerprint density at radius 3 is 2.54 bits per heavy atom. The topological polar surface area (TPSA) is 64.6 Å². The fourth-order valence-electron chi connectivity index (χ4n) is 2.21. The number of anilines is 1. The molecule has 0 saturated carbocycles. The Balaban J connectivity index is 2.09. The van der Waals surface area contributed by atoms with E-state index < -0.39 is 23.8 Å². The van der Waals surface area contributed by atoms with Crippen molar-refractivity contribution in [1.29, 1.82) is 0 Å². The smallest absolute Gasteiger partial charge is 0.339 e. The van der Waals surface area contributed by atoms with Gasteiger partial charge in [0.25, 0.3) is 5.91 Å². The first-order chi connectivity index (χ1) is 12.5. The summed E-state index contributed by atoms with van der Waals surface area (Å²) < 4.78 is 24.0. The Kier molecular flexibility index (Phi) is 6.97. The highest BCUT2D eigenvalue weighted by atomic mass is 35.5. The van der Waals surface area contributed by atoms with Crippen molar-refractivity contribution in [2.24, 2.45) is 0 Å². The van der Waals surface area contributed by atoms with E-state index in [0.717, 1.165) is 0 Å². The van der Waals surface area contributed by atoms with Crippen LogP contribution in [-0.4, -0.2) is 24.6 Å². The Morgan fingerprint density at radius 2 is 1.92 bits per heavy atom. The fraction of sp³-hybridized carbons (Fsp3) is 0.263. The number of halogens is 2. The zero-order valence-electron chi connectivity index (χ0n) is 14.4. The molecule has 0 bridgehead atoms. The first-order valence-corrected chi connectivity index (χ1v) is 8.52. The average Bonchev–Trinajstić information content (AvgIpc) is 2.61. The Morgan fingerprint density at radius 1 is 1.19 bits per heavy atom. The normalized spacial score (nSPS) is 11.5. The Labute approximate surface area is 156 Å². The van der Waals surface area contributed by atoms with Crippen LogP contribution >= 0.6 is 11.6 Å². The molecule has 0 aromatic heterocycles. The molecular formula is C19H19ClFNO4. The molecule has 2 aromatic carbocycles. The lowest BCUT2D eigenvalue weighted by molar-refractivity contribution is -0.122. The highest BCUT2D eigenvalue weighted by Crippen LogP contribution is 2.23. The number of para-hydroxylation sites is 1. The fourth-order valence-corrected chi connectivity index (χ4v) is 2.46. The quantitative estimate of drug-likeness (QED) is 0.722. The number of hydrogen-bond acceptors (Lipinski definition) is 4. The molecule has 26 heavy (non-hydrogen) atoms. The molecule has 7 heteroatoms. The van der Waals surface area contributed by atoms with Gasteiger partial charge < -0.3 is 14.8 Å². The Hall–Kier alpha value is -2.60. The molecule has 0 saturated heterocycles. The van der Waals surface area contributed by atoms with Gasteiger partial charge in [-0.2, -0.15) is 0 Å². The molecule has 0 fully saturated rings. The van der Waals surface area contributed by atoms with E-state index in [9.17, 15) is 14.0 Å². The second-order valence-corrected chi connectivity index (χ2v) is 5.76. The lowest BCUT2D eigenvalue weighted by Crippen LogP contribution is -2.32. The molecule has 5 nitrogen and oxygen atoms in total. The summed E-state index contributed by atoms with van der Waals surface area (Å²) in [6, 6.07) is 10.3. The van der Waals surface area contributed by atoms with Crippen LogP contribution in [0.15, 0.2) is 42.5 Å². The minimum absolute atomic E-state index is 0.00481. The lowest BCUT2D eigenvalue weighted by atomic mass is 10.2. The summed E-state index contributed by atoms with van der Waals surface area (Å²) in [5.41, 5.74) is 0.602. The molecule has 1 atom stereocenters. The minimum Gasteiger partial charge on any atom is -0.478 e. The van der Waals surface area contributed by atoms with Crippen LogP contribution in [0.3, 0.4) is 0 Å². The molecule has 1 amide bonds. The van der Waals surface area contributed by atoms with Gasteiger partial charge in [0.05, 0.1) is 17.2 Å². The molecule has 0 heterocycles. The summed E-state index contributed by atoms with van der Waals surface area (Å²) in [6.07, 6.45) is -0.537. The van der Waals surface area contributed by atoms with Gasteiger partial charge in [0.1, 0.15) is 0 Å². The summed E-state index contributed by atoms with van der Waals surface area (Å²) in [7, 11) is 0. The molecule has 138 valence electrons. The highest BCUT2D eigenvalue weighted by Gasteiger charge is 2.21. The van der Waals surface area contributed by atoms with Crippen LogP contribution in [0.1, 0.15) is 30.6 Å². The first kappa shape index (κ1) is 19.7. The molecule has 0 spiro atoms. The largest absolute Gasteiger partial charge is 0.478 e. The van der Waals surface area contributed by atoms with Gasteiger partial charge in [-0.05, 0) is 43.7 Å². The predicted molar refractivity (Wildman–Crippen MR) is 97.1 cm³/mol. The van der Waals surface area contributed by atoms with Crippen LogP contribution < -0.4 is 10.1 Å². The molecule has 2 aromatic rings. The zero-order valence-corrected chi connectivity index (χ0v) is 15.2. The van der Waals surface area contributed by atoms with Crippen LogP contribution in [0, 0.1) is 5.82 Å². The van der Waals surface area contributed by atoms with Gasteiger partial charge in [0, 0.05) is 5.69 Å². The number of rotatable bonds is 7. The van der Waals surface area contributed by atoms with Gasteiger partial charge >= 0.3 is 5.97 Å². The summed E-state index contributed by atoms with van der Waals surface area (Å²) >= 11 is 6.07. The SMILES string of the molecule is CCOC(=O)c1ccc(NC(=O)[C@@H](CC)Oc2ccccc2F)cc1Cl. The van der Waals surface area contributed by atoms with Crippen LogP contribution in [0.4, 0.5) is 10.1 Å². The van der Waals surface area contributed by atoms with Gasteiger partial charge in [-0.1, -0.05) is 30.7 Å². The number of hydrogen-bond donors (Lipinski definition) is 1. The maximum absolute atomic E-state index is 13.7. The standard InChI is InChI=1S/C19H19ClFNO4/c1-3-16(26-17-8-6-5-7-15(17)21)18(23)22-12-9-10-13(14(20)11-12)19(24)25-4-2/h5-11,16H,3-4H2,1-2H3,(H,22,23)/t16-/m1/s1. The number of carbonyl (C=O) groups excluding carboxylic acids is 2. The van der Waals surface area contributed by atoms with Crippen LogP contribution in [0.25, 0.3) is 0 Å². The third-order valence-corrected chi connectivity index (χ3v) is 3.81. The second-order valence-electron chi connectivity index (χ2n) is 5.35. The minimum atomic E-state index is -0.879. The van der Waals surface area contributed by atoms with Crippen molar-refractivity contribution in [3.8, 4) is 5.75 Å². The number of carbonyl (C=O) groups is 2. The van der Waals surface area contributed by atoms with Crippen molar-refractivity contribution in [3.63, 3.8) is 0 Å². The number of benzene rings is 2. The molecule has 0 aliphatic rings. The summed E-state index contributed by atoms with van der Waals surface area (Å²) in [5.74, 6) is -1.52. The van der Waals surface area contributed by atoms with Crippen molar-refractivity contribution in [2.75, 3.05) is 11.9 Å². The van der Waals surface area contributed by atoms with E-state index in [4.69, 9.17) is 21.1 Å². The number of esters is 1. The first-order valence-electron chi connectivity index (χ1n) is 8.15. The molecule has 0 radical (unpaired) electrons. The number of amides is 1. The van der Waals surface area contributed by atoms with E-state index in [1.807, 2.05) is 0 Å². The van der Waals surface area contributed by atoms with Crippen LogP contribution in [0.5, 0.6) is 5.75 Å². The van der Waals surface area contributed by atoms with E-state index in [-0.39, 0.29) is 22.9 Å². The van der Waals surface area contributed by atoms with E-state index in [2.05, 4.69) is 5.32 Å². The molecule has 2 rings (SSSR count). The van der Waals surface area contributed by atoms with Crippen molar-refractivity contribution < 1.29 is 23.5 Å². The second kappa shape index (κ2) is 9.20. The third-order valence-electron chi connectivity index (χ3n) is 3.50. The summed E-state index contributed by atoms with van der Waals surface area (Å²) in [6.45, 7) is 3.68. The third kappa shape index (κ3) is 4.95. The van der Waals surface area contributed by atoms with E-state index in [1.54, 1.807) is 19.9 Å². The zero-order chi connectivity index (χ0) is 19.1. The van der Waals surface area contributed by atoms with Gasteiger partial charge in [0.15, 0.2) is 17.7 Å². The summed E-state index contributed by atoms with van der Waals surface area (Å²) in [4.78, 5) is 24.1. The van der Waals surface area contributed by atoms with Crippen molar-refractivity contribution in [2.45, 2.75) is 26.4 Å². The number of ether oxygens (including phenoxy) is 2. The van der Waals surface area contributed by atoms with Gasteiger partial charge in [0.2, 0.25) is 0 Å². The average molecular weight is 380 g/mol.